The molecule has 1 aromatic carbocycles. The highest BCUT2D eigenvalue weighted by atomic mass is 19.1. The van der Waals surface area contributed by atoms with Crippen LogP contribution in [-0.2, 0) is 0 Å². The molecule has 15 heavy (non-hydrogen) atoms. The first-order chi connectivity index (χ1) is 7.20. The van der Waals surface area contributed by atoms with Crippen LogP contribution in [0.2, 0.25) is 0 Å². The number of rotatable bonds is 5. The Labute approximate surface area is 88.7 Å². The molecule has 0 spiro atoms. The van der Waals surface area contributed by atoms with Gasteiger partial charge in [0.1, 0.15) is 0 Å². The van der Waals surface area contributed by atoms with E-state index in [2.05, 4.69) is 0 Å². The second-order valence-electron chi connectivity index (χ2n) is 3.34. The van der Waals surface area contributed by atoms with Crippen molar-refractivity contribution in [3.8, 4) is 5.75 Å². The zero-order chi connectivity index (χ0) is 11.3. The molecule has 0 fully saturated rings. The fourth-order valence-corrected chi connectivity index (χ4v) is 1.44. The van der Waals surface area contributed by atoms with Gasteiger partial charge < -0.3 is 15.6 Å². The van der Waals surface area contributed by atoms with E-state index in [9.17, 15) is 4.39 Å². The molecule has 0 saturated carbocycles. The van der Waals surface area contributed by atoms with Crippen LogP contribution in [0.1, 0.15) is 24.4 Å². The normalized spacial score (nSPS) is 12.5. The van der Waals surface area contributed by atoms with Gasteiger partial charge in [0.15, 0.2) is 11.6 Å². The SMILES string of the molecule is COc1cccc([C@@H](N)CCCO)c1F. The van der Waals surface area contributed by atoms with Crippen LogP contribution >= 0.6 is 0 Å². The number of nitrogens with two attached hydrogens (primary N) is 1. The topological polar surface area (TPSA) is 55.5 Å². The number of ether oxygens (including phenoxy) is 1. The molecule has 0 saturated heterocycles. The lowest BCUT2D eigenvalue weighted by Crippen LogP contribution is -2.13. The monoisotopic (exact) mass is 213 g/mol. The summed E-state index contributed by atoms with van der Waals surface area (Å²) in [5.74, 6) is -0.211. The maximum absolute atomic E-state index is 13.7. The van der Waals surface area contributed by atoms with Gasteiger partial charge in [0, 0.05) is 18.2 Å². The Morgan fingerprint density at radius 1 is 1.53 bits per heavy atom. The first kappa shape index (κ1) is 11.9. The minimum atomic E-state index is -0.412. The number of halogens is 1. The Morgan fingerprint density at radius 3 is 2.87 bits per heavy atom. The largest absolute Gasteiger partial charge is 0.494 e. The maximum atomic E-state index is 13.7. The van der Waals surface area contributed by atoms with Gasteiger partial charge in [0.25, 0.3) is 0 Å². The van der Waals surface area contributed by atoms with Crippen LogP contribution in [0.25, 0.3) is 0 Å². The van der Waals surface area contributed by atoms with Crippen LogP contribution < -0.4 is 10.5 Å². The lowest BCUT2D eigenvalue weighted by molar-refractivity contribution is 0.279. The minimum Gasteiger partial charge on any atom is -0.494 e. The number of benzene rings is 1. The van der Waals surface area contributed by atoms with Gasteiger partial charge >= 0.3 is 0 Å². The highest BCUT2D eigenvalue weighted by Gasteiger charge is 2.14. The predicted molar refractivity (Wildman–Crippen MR) is 56.2 cm³/mol. The van der Waals surface area contributed by atoms with E-state index in [0.717, 1.165) is 0 Å². The number of aliphatic hydroxyl groups excluding tert-OH is 1. The van der Waals surface area contributed by atoms with Gasteiger partial charge in [-0.2, -0.15) is 0 Å². The van der Waals surface area contributed by atoms with Crippen LogP contribution in [-0.4, -0.2) is 18.8 Å². The molecular formula is C11H16FNO2. The van der Waals surface area contributed by atoms with Crippen LogP contribution in [0.15, 0.2) is 18.2 Å². The Bertz CT molecular complexity index is 317. The number of aliphatic hydroxyl groups is 1. The van der Waals surface area contributed by atoms with E-state index in [-0.39, 0.29) is 12.4 Å². The number of hydrogen-bond acceptors (Lipinski definition) is 3. The Morgan fingerprint density at radius 2 is 2.27 bits per heavy atom. The van der Waals surface area contributed by atoms with Crippen molar-refractivity contribution < 1.29 is 14.2 Å². The number of hydrogen-bond donors (Lipinski definition) is 2. The summed E-state index contributed by atoms with van der Waals surface area (Å²) in [5, 5.41) is 8.66. The first-order valence-electron chi connectivity index (χ1n) is 4.89. The van der Waals surface area contributed by atoms with Gasteiger partial charge in [-0.05, 0) is 18.9 Å². The van der Waals surface area contributed by atoms with Crippen LogP contribution in [0.4, 0.5) is 4.39 Å². The molecule has 1 atom stereocenters. The summed E-state index contributed by atoms with van der Waals surface area (Å²) in [5.41, 5.74) is 6.23. The summed E-state index contributed by atoms with van der Waals surface area (Å²) < 4.78 is 18.5. The molecule has 0 aliphatic heterocycles. The summed E-state index contributed by atoms with van der Waals surface area (Å²) in [4.78, 5) is 0. The molecule has 0 radical (unpaired) electrons. The van der Waals surface area contributed by atoms with Crippen molar-refractivity contribution in [3.63, 3.8) is 0 Å². The molecule has 4 heteroatoms. The van der Waals surface area contributed by atoms with E-state index in [0.29, 0.717) is 18.4 Å². The summed E-state index contributed by atoms with van der Waals surface area (Å²) in [7, 11) is 1.42. The Hall–Kier alpha value is -1.13. The maximum Gasteiger partial charge on any atom is 0.169 e. The lowest BCUT2D eigenvalue weighted by atomic mass is 10.0. The zero-order valence-corrected chi connectivity index (χ0v) is 8.74. The van der Waals surface area contributed by atoms with E-state index >= 15 is 0 Å². The Balaban J connectivity index is 2.83. The molecule has 1 rings (SSSR count). The molecule has 0 aliphatic rings. The van der Waals surface area contributed by atoms with E-state index in [1.807, 2.05) is 0 Å². The summed E-state index contributed by atoms with van der Waals surface area (Å²) in [6.45, 7) is 0.0687. The molecule has 0 aromatic heterocycles. The van der Waals surface area contributed by atoms with E-state index in [1.165, 1.54) is 7.11 Å². The van der Waals surface area contributed by atoms with Crippen molar-refractivity contribution in [2.45, 2.75) is 18.9 Å². The van der Waals surface area contributed by atoms with Gasteiger partial charge in [0.05, 0.1) is 7.11 Å². The van der Waals surface area contributed by atoms with Crippen molar-refractivity contribution in [2.75, 3.05) is 13.7 Å². The highest BCUT2D eigenvalue weighted by Crippen LogP contribution is 2.25. The first-order valence-corrected chi connectivity index (χ1v) is 4.89. The van der Waals surface area contributed by atoms with Gasteiger partial charge in [-0.1, -0.05) is 12.1 Å². The third-order valence-electron chi connectivity index (χ3n) is 2.29. The average molecular weight is 213 g/mol. The molecule has 1 aromatic rings. The zero-order valence-electron chi connectivity index (χ0n) is 8.74. The molecule has 84 valence electrons. The van der Waals surface area contributed by atoms with Gasteiger partial charge in [-0.3, -0.25) is 0 Å². The molecule has 0 bridgehead atoms. The van der Waals surface area contributed by atoms with Crippen LogP contribution in [0.3, 0.4) is 0 Å². The molecule has 0 aliphatic carbocycles. The fourth-order valence-electron chi connectivity index (χ4n) is 1.44. The molecule has 0 heterocycles. The van der Waals surface area contributed by atoms with Crippen molar-refractivity contribution in [2.24, 2.45) is 5.73 Å². The standard InChI is InChI=1S/C11H16FNO2/c1-15-10-6-2-4-8(11(10)12)9(13)5-3-7-14/h2,4,6,9,14H,3,5,7,13H2,1H3/t9-/m0/s1. The second-order valence-corrected chi connectivity index (χ2v) is 3.34. The summed E-state index contributed by atoms with van der Waals surface area (Å²) >= 11 is 0. The van der Waals surface area contributed by atoms with E-state index in [1.54, 1.807) is 18.2 Å². The van der Waals surface area contributed by atoms with Crippen molar-refractivity contribution in [1.82, 2.24) is 0 Å². The van der Waals surface area contributed by atoms with Crippen molar-refractivity contribution in [1.29, 1.82) is 0 Å². The molecule has 3 N–H and O–H groups in total. The fraction of sp³-hybridized carbons (Fsp3) is 0.455. The van der Waals surface area contributed by atoms with Crippen molar-refractivity contribution in [3.05, 3.63) is 29.6 Å². The smallest absolute Gasteiger partial charge is 0.169 e. The third kappa shape index (κ3) is 2.91. The number of methoxy groups -OCH3 is 1. The third-order valence-corrected chi connectivity index (χ3v) is 2.29. The summed E-state index contributed by atoms with van der Waals surface area (Å²) in [6.07, 6.45) is 1.12. The average Bonchev–Trinajstić information content (AvgIpc) is 2.26. The van der Waals surface area contributed by atoms with Crippen molar-refractivity contribution >= 4 is 0 Å². The van der Waals surface area contributed by atoms with Gasteiger partial charge in [-0.25, -0.2) is 4.39 Å². The molecule has 3 nitrogen and oxygen atoms in total. The molecule has 0 unspecified atom stereocenters. The van der Waals surface area contributed by atoms with E-state index < -0.39 is 11.9 Å². The van der Waals surface area contributed by atoms with Crippen LogP contribution in [0.5, 0.6) is 5.75 Å². The van der Waals surface area contributed by atoms with Gasteiger partial charge in [0.2, 0.25) is 0 Å². The molecule has 0 amide bonds. The lowest BCUT2D eigenvalue weighted by Gasteiger charge is -2.13. The quantitative estimate of drug-likeness (QED) is 0.781. The Kier molecular flexibility index (Phi) is 4.52. The van der Waals surface area contributed by atoms with E-state index in [4.69, 9.17) is 15.6 Å². The molecular weight excluding hydrogens is 197 g/mol. The van der Waals surface area contributed by atoms with Crippen LogP contribution in [0, 0.1) is 5.82 Å². The van der Waals surface area contributed by atoms with Gasteiger partial charge in [-0.15, -0.1) is 0 Å². The predicted octanol–water partition coefficient (Wildman–Crippen LogP) is 1.61. The highest BCUT2D eigenvalue weighted by molar-refractivity contribution is 5.32. The second kappa shape index (κ2) is 5.68. The minimum absolute atomic E-state index is 0.0687. The summed E-state index contributed by atoms with van der Waals surface area (Å²) in [6, 6.07) is 4.50.